The van der Waals surface area contributed by atoms with Gasteiger partial charge in [0, 0.05) is 11.2 Å². The summed E-state index contributed by atoms with van der Waals surface area (Å²) in [6, 6.07) is 0. The molecule has 0 heterocycles. The molecular formula is C18H41NO6S. The van der Waals surface area contributed by atoms with E-state index in [9.17, 15) is 13.0 Å². The van der Waals surface area contributed by atoms with Crippen molar-refractivity contribution in [1.29, 1.82) is 0 Å². The van der Waals surface area contributed by atoms with Crippen molar-refractivity contribution in [1.82, 2.24) is 0 Å². The predicted molar refractivity (Wildman–Crippen MR) is 104 cm³/mol. The number of hydrogen-bond acceptors (Lipinski definition) is 6. The van der Waals surface area contributed by atoms with Crippen molar-refractivity contribution in [2.45, 2.75) is 48.0 Å². The van der Waals surface area contributed by atoms with E-state index in [2.05, 4.69) is 27.7 Å². The first-order chi connectivity index (χ1) is 12.0. The zero-order valence-electron chi connectivity index (χ0n) is 17.5. The summed E-state index contributed by atoms with van der Waals surface area (Å²) in [4.78, 5) is 0. The molecule has 0 bridgehead atoms. The monoisotopic (exact) mass is 399 g/mol. The molecule has 2 N–H and O–H groups in total. The molecule has 160 valence electrons. The second-order valence-electron chi connectivity index (χ2n) is 7.12. The molecule has 1 unspecified atom stereocenters. The Labute approximate surface area is 160 Å². The van der Waals surface area contributed by atoms with E-state index in [1.807, 2.05) is 6.92 Å². The lowest BCUT2D eigenvalue weighted by atomic mass is 9.88. The molecule has 0 fully saturated rings. The van der Waals surface area contributed by atoms with Crippen LogP contribution in [-0.4, -0.2) is 86.0 Å². The van der Waals surface area contributed by atoms with Crippen LogP contribution < -0.4 is 0 Å². The normalized spacial score (nSPS) is 13.9. The van der Waals surface area contributed by atoms with Crippen molar-refractivity contribution in [2.24, 2.45) is 11.3 Å². The molecule has 7 nitrogen and oxygen atoms in total. The zero-order valence-corrected chi connectivity index (χ0v) is 18.3. The highest BCUT2D eigenvalue weighted by atomic mass is 32.2. The zero-order chi connectivity index (χ0) is 20.9. The fourth-order valence-electron chi connectivity index (χ4n) is 2.68. The Hall–Kier alpha value is -0.250. The van der Waals surface area contributed by atoms with Gasteiger partial charge in [-0.25, -0.2) is 8.42 Å². The van der Waals surface area contributed by atoms with Gasteiger partial charge in [0.15, 0.2) is 0 Å². The van der Waals surface area contributed by atoms with Gasteiger partial charge in [0.05, 0.1) is 62.7 Å². The quantitative estimate of drug-likeness (QED) is 0.358. The minimum atomic E-state index is -4.23. The molecule has 1 atom stereocenters. The second-order valence-corrected chi connectivity index (χ2v) is 8.57. The standard InChI is InChI=1S/C10H22O6S.C8H20N/c1-3-10(6-11,7-12)8-16-4-9(2)5-17(13,14)15;1-5-9(6-2,7-3)8-4/h9,11-12H,3-8H2,1-2H3,(H,13,14,15);5-8H2,1-4H3/q;+1/p-1. The van der Waals surface area contributed by atoms with Crippen molar-refractivity contribution in [3.8, 4) is 0 Å². The average Bonchev–Trinajstić information content (AvgIpc) is 2.61. The summed E-state index contributed by atoms with van der Waals surface area (Å²) < 4.78 is 38.0. The lowest BCUT2D eigenvalue weighted by Crippen LogP contribution is -2.47. The Bertz CT molecular complexity index is 407. The number of ether oxygens (including phenoxy) is 1. The van der Waals surface area contributed by atoms with Crippen LogP contribution in [0.3, 0.4) is 0 Å². The number of quaternary nitrogens is 1. The third-order valence-electron chi connectivity index (χ3n) is 5.40. The van der Waals surface area contributed by atoms with Crippen LogP contribution in [0.4, 0.5) is 0 Å². The van der Waals surface area contributed by atoms with Crippen LogP contribution in [-0.2, 0) is 14.9 Å². The summed E-state index contributed by atoms with van der Waals surface area (Å²) in [7, 11) is -4.23. The fraction of sp³-hybridized carbons (Fsp3) is 1.00. The van der Waals surface area contributed by atoms with E-state index in [0.29, 0.717) is 6.42 Å². The molecule has 0 aliphatic heterocycles. The van der Waals surface area contributed by atoms with E-state index < -0.39 is 27.2 Å². The van der Waals surface area contributed by atoms with Crippen LogP contribution >= 0.6 is 0 Å². The minimum absolute atomic E-state index is 0.114. The number of rotatable bonds is 13. The maximum atomic E-state index is 10.5. The van der Waals surface area contributed by atoms with Crippen LogP contribution in [0.1, 0.15) is 48.0 Å². The summed E-state index contributed by atoms with van der Waals surface area (Å²) in [6.07, 6.45) is 0.550. The molecule has 26 heavy (non-hydrogen) atoms. The third kappa shape index (κ3) is 11.5. The Morgan fingerprint density at radius 2 is 1.42 bits per heavy atom. The Morgan fingerprint density at radius 1 is 1.00 bits per heavy atom. The summed E-state index contributed by atoms with van der Waals surface area (Å²) >= 11 is 0. The lowest BCUT2D eigenvalue weighted by molar-refractivity contribution is -0.921. The van der Waals surface area contributed by atoms with Crippen molar-refractivity contribution >= 4 is 10.1 Å². The van der Waals surface area contributed by atoms with Gasteiger partial charge in [0.1, 0.15) is 0 Å². The van der Waals surface area contributed by atoms with Crippen LogP contribution in [0, 0.1) is 11.3 Å². The maximum Gasteiger partial charge on any atom is 0.0949 e. The van der Waals surface area contributed by atoms with E-state index >= 15 is 0 Å². The first-order valence-corrected chi connectivity index (χ1v) is 11.2. The maximum absolute atomic E-state index is 10.5. The smallest absolute Gasteiger partial charge is 0.0949 e. The lowest BCUT2D eigenvalue weighted by Gasteiger charge is -2.34. The summed E-state index contributed by atoms with van der Waals surface area (Å²) in [5, 5.41) is 18.3. The van der Waals surface area contributed by atoms with Gasteiger partial charge in [-0.2, -0.15) is 0 Å². The highest BCUT2D eigenvalue weighted by molar-refractivity contribution is 7.85. The van der Waals surface area contributed by atoms with Crippen molar-refractivity contribution < 1.29 is 32.4 Å². The summed E-state index contributed by atoms with van der Waals surface area (Å²) in [5.74, 6) is -0.867. The van der Waals surface area contributed by atoms with Crippen molar-refractivity contribution in [3.63, 3.8) is 0 Å². The van der Waals surface area contributed by atoms with Gasteiger partial charge in [-0.1, -0.05) is 13.8 Å². The fourth-order valence-corrected chi connectivity index (χ4v) is 3.47. The Morgan fingerprint density at radius 3 is 1.65 bits per heavy atom. The van der Waals surface area contributed by atoms with Gasteiger partial charge in [-0.3, -0.25) is 0 Å². The minimum Gasteiger partial charge on any atom is -0.748 e. The molecule has 8 heteroatoms. The van der Waals surface area contributed by atoms with Gasteiger partial charge in [0.2, 0.25) is 0 Å². The molecule has 0 saturated carbocycles. The molecule has 0 rings (SSSR count). The van der Waals surface area contributed by atoms with Gasteiger partial charge in [-0.15, -0.1) is 0 Å². The molecule has 0 amide bonds. The molecular weight excluding hydrogens is 358 g/mol. The SMILES string of the molecule is CCC(CO)(CO)COCC(C)CS(=O)(=O)[O-].CC[N+](CC)(CC)CC. The van der Waals surface area contributed by atoms with Crippen molar-refractivity contribution in [3.05, 3.63) is 0 Å². The predicted octanol–water partition coefficient (Wildman–Crippen LogP) is 1.45. The van der Waals surface area contributed by atoms with E-state index in [0.717, 1.165) is 0 Å². The van der Waals surface area contributed by atoms with Crippen LogP contribution in [0.5, 0.6) is 0 Å². The molecule has 0 aliphatic rings. The van der Waals surface area contributed by atoms with E-state index in [1.54, 1.807) is 6.92 Å². The Kier molecular flexibility index (Phi) is 14.9. The molecule has 0 aromatic rings. The van der Waals surface area contributed by atoms with E-state index in [1.165, 1.54) is 30.7 Å². The number of aliphatic hydroxyl groups excluding tert-OH is 2. The van der Waals surface area contributed by atoms with Crippen LogP contribution in [0.15, 0.2) is 0 Å². The van der Waals surface area contributed by atoms with Crippen LogP contribution in [0.25, 0.3) is 0 Å². The second kappa shape index (κ2) is 13.8. The molecule has 0 saturated heterocycles. The molecule has 0 aromatic carbocycles. The molecule has 0 spiro atoms. The van der Waals surface area contributed by atoms with E-state index in [4.69, 9.17) is 14.9 Å². The highest BCUT2D eigenvalue weighted by Gasteiger charge is 2.27. The topological polar surface area (TPSA) is 107 Å². The van der Waals surface area contributed by atoms with Crippen LogP contribution in [0.2, 0.25) is 0 Å². The van der Waals surface area contributed by atoms with Gasteiger partial charge in [0.25, 0.3) is 0 Å². The van der Waals surface area contributed by atoms with Gasteiger partial charge >= 0.3 is 0 Å². The summed E-state index contributed by atoms with van der Waals surface area (Å²) in [6.45, 7) is 17.5. The Balaban J connectivity index is 0. The largest absolute Gasteiger partial charge is 0.748 e. The molecule has 0 aromatic heterocycles. The van der Waals surface area contributed by atoms with E-state index in [-0.39, 0.29) is 26.4 Å². The molecule has 0 aliphatic carbocycles. The first-order valence-electron chi connectivity index (χ1n) is 9.61. The van der Waals surface area contributed by atoms with Gasteiger partial charge in [-0.05, 0) is 40.0 Å². The van der Waals surface area contributed by atoms with Crippen molar-refractivity contribution in [2.75, 3.05) is 58.4 Å². The number of nitrogens with zero attached hydrogens (tertiary/aromatic N) is 1. The first kappa shape index (κ1) is 28.0. The third-order valence-corrected chi connectivity index (χ3v) is 6.38. The molecule has 0 radical (unpaired) electrons. The highest BCUT2D eigenvalue weighted by Crippen LogP contribution is 2.21. The van der Waals surface area contributed by atoms with Gasteiger partial charge < -0.3 is 24.0 Å². The average molecular weight is 400 g/mol. The number of hydrogen-bond donors (Lipinski definition) is 2. The number of aliphatic hydroxyl groups is 2. The summed E-state index contributed by atoms with van der Waals surface area (Å²) in [5.41, 5.74) is -0.698.